The standard InChI is InChI=1S/C16H22BrN3/c1-19-15-10-6-5-9-14(15)18-16(19)20(12-11-17)13-7-3-2-4-8-13/h5-6,9-10,13H,2-4,7-8,11-12H2,1H3. The number of aryl methyl sites for hydroxylation is 1. The summed E-state index contributed by atoms with van der Waals surface area (Å²) >= 11 is 3.60. The van der Waals surface area contributed by atoms with Gasteiger partial charge in [0.2, 0.25) is 5.95 Å². The highest BCUT2D eigenvalue weighted by Gasteiger charge is 2.24. The van der Waals surface area contributed by atoms with Crippen molar-refractivity contribution in [3.63, 3.8) is 0 Å². The normalized spacial score (nSPS) is 16.7. The minimum Gasteiger partial charge on any atom is -0.338 e. The molecule has 108 valence electrons. The van der Waals surface area contributed by atoms with E-state index in [2.05, 4.69) is 56.7 Å². The molecule has 3 rings (SSSR count). The van der Waals surface area contributed by atoms with Crippen molar-refractivity contribution in [3.05, 3.63) is 24.3 Å². The number of nitrogens with zero attached hydrogens (tertiary/aromatic N) is 3. The van der Waals surface area contributed by atoms with E-state index in [1.54, 1.807) is 0 Å². The van der Waals surface area contributed by atoms with E-state index < -0.39 is 0 Å². The van der Waals surface area contributed by atoms with Crippen LogP contribution in [0.4, 0.5) is 5.95 Å². The van der Waals surface area contributed by atoms with Gasteiger partial charge in [0, 0.05) is 25.0 Å². The number of fused-ring (bicyclic) bond motifs is 1. The molecule has 0 unspecified atom stereocenters. The van der Waals surface area contributed by atoms with Crippen molar-refractivity contribution in [3.8, 4) is 0 Å². The number of imidazole rings is 1. The summed E-state index contributed by atoms with van der Waals surface area (Å²) in [5, 5.41) is 0.993. The van der Waals surface area contributed by atoms with Gasteiger partial charge in [-0.2, -0.15) is 0 Å². The summed E-state index contributed by atoms with van der Waals surface area (Å²) in [5.74, 6) is 1.12. The molecule has 3 nitrogen and oxygen atoms in total. The lowest BCUT2D eigenvalue weighted by Crippen LogP contribution is -2.39. The largest absolute Gasteiger partial charge is 0.338 e. The highest BCUT2D eigenvalue weighted by Crippen LogP contribution is 2.28. The van der Waals surface area contributed by atoms with Crippen LogP contribution in [0, 0.1) is 0 Å². The molecule has 0 spiro atoms. The van der Waals surface area contributed by atoms with Crippen LogP contribution in [0.3, 0.4) is 0 Å². The summed E-state index contributed by atoms with van der Waals surface area (Å²) in [6.07, 6.45) is 6.70. The monoisotopic (exact) mass is 335 g/mol. The van der Waals surface area contributed by atoms with Gasteiger partial charge >= 0.3 is 0 Å². The second kappa shape index (κ2) is 6.17. The van der Waals surface area contributed by atoms with E-state index in [1.807, 2.05) is 0 Å². The Morgan fingerprint density at radius 3 is 2.70 bits per heavy atom. The Hall–Kier alpha value is -1.03. The molecule has 2 aromatic rings. The lowest BCUT2D eigenvalue weighted by atomic mass is 9.94. The molecule has 1 saturated carbocycles. The van der Waals surface area contributed by atoms with Gasteiger partial charge < -0.3 is 9.47 Å². The molecular weight excluding hydrogens is 314 g/mol. The zero-order valence-electron chi connectivity index (χ0n) is 12.1. The summed E-state index contributed by atoms with van der Waals surface area (Å²) < 4.78 is 2.24. The van der Waals surface area contributed by atoms with Gasteiger partial charge in [0.25, 0.3) is 0 Å². The van der Waals surface area contributed by atoms with E-state index in [9.17, 15) is 0 Å². The number of anilines is 1. The van der Waals surface area contributed by atoms with Crippen LogP contribution in [0.5, 0.6) is 0 Å². The van der Waals surface area contributed by atoms with Gasteiger partial charge in [0.1, 0.15) is 0 Å². The van der Waals surface area contributed by atoms with E-state index in [4.69, 9.17) is 4.98 Å². The fourth-order valence-electron chi connectivity index (χ4n) is 3.32. The van der Waals surface area contributed by atoms with Crippen molar-refractivity contribution in [1.82, 2.24) is 9.55 Å². The fourth-order valence-corrected chi connectivity index (χ4v) is 3.70. The molecule has 1 aliphatic rings. The van der Waals surface area contributed by atoms with E-state index in [0.717, 1.165) is 23.3 Å². The Labute approximate surface area is 129 Å². The Bertz CT molecular complexity index is 572. The maximum absolute atomic E-state index is 4.87. The molecule has 0 saturated heterocycles. The molecule has 1 heterocycles. The number of aromatic nitrogens is 2. The second-order valence-electron chi connectivity index (χ2n) is 5.63. The van der Waals surface area contributed by atoms with Crippen LogP contribution in [0.25, 0.3) is 11.0 Å². The number of benzene rings is 1. The van der Waals surface area contributed by atoms with Crippen molar-refractivity contribution in [1.29, 1.82) is 0 Å². The number of rotatable bonds is 4. The summed E-state index contributed by atoms with van der Waals surface area (Å²) in [5.41, 5.74) is 2.32. The molecule has 20 heavy (non-hydrogen) atoms. The highest BCUT2D eigenvalue weighted by molar-refractivity contribution is 9.09. The predicted molar refractivity (Wildman–Crippen MR) is 88.7 cm³/mol. The minimum atomic E-state index is 0.650. The molecule has 0 N–H and O–H groups in total. The maximum Gasteiger partial charge on any atom is 0.206 e. The molecule has 0 amide bonds. The molecule has 0 aliphatic heterocycles. The van der Waals surface area contributed by atoms with Gasteiger partial charge in [-0.05, 0) is 25.0 Å². The molecule has 0 atom stereocenters. The first-order valence-electron chi connectivity index (χ1n) is 7.55. The van der Waals surface area contributed by atoms with Crippen molar-refractivity contribution in [2.24, 2.45) is 7.05 Å². The second-order valence-corrected chi connectivity index (χ2v) is 6.43. The number of alkyl halides is 1. The molecule has 1 aromatic carbocycles. The number of para-hydroxylation sites is 2. The van der Waals surface area contributed by atoms with Crippen LogP contribution < -0.4 is 4.90 Å². The van der Waals surface area contributed by atoms with Crippen molar-refractivity contribution < 1.29 is 0 Å². The summed E-state index contributed by atoms with van der Waals surface area (Å²) in [6, 6.07) is 9.06. The third-order valence-corrected chi connectivity index (χ3v) is 4.72. The van der Waals surface area contributed by atoms with E-state index in [-0.39, 0.29) is 0 Å². The number of hydrogen-bond acceptors (Lipinski definition) is 2. The lowest BCUT2D eigenvalue weighted by Gasteiger charge is -2.34. The third kappa shape index (κ3) is 2.58. The van der Waals surface area contributed by atoms with Crippen LogP contribution in [0.15, 0.2) is 24.3 Å². The van der Waals surface area contributed by atoms with Gasteiger partial charge in [-0.1, -0.05) is 47.3 Å². The first kappa shape index (κ1) is 13.9. The SMILES string of the molecule is Cn1c(N(CCBr)C2CCCCC2)nc2ccccc21. The Kier molecular flexibility index (Phi) is 4.29. The van der Waals surface area contributed by atoms with Gasteiger partial charge in [0.05, 0.1) is 11.0 Å². The van der Waals surface area contributed by atoms with Crippen LogP contribution >= 0.6 is 15.9 Å². The Morgan fingerprint density at radius 2 is 2.00 bits per heavy atom. The Balaban J connectivity index is 1.97. The molecule has 0 bridgehead atoms. The average Bonchev–Trinajstić information content (AvgIpc) is 2.83. The zero-order valence-corrected chi connectivity index (χ0v) is 13.6. The smallest absolute Gasteiger partial charge is 0.206 e. The van der Waals surface area contributed by atoms with Crippen molar-refractivity contribution in [2.75, 3.05) is 16.8 Å². The topological polar surface area (TPSA) is 21.1 Å². The van der Waals surface area contributed by atoms with Crippen LogP contribution in [-0.2, 0) is 7.05 Å². The third-order valence-electron chi connectivity index (χ3n) is 4.36. The molecular formula is C16H22BrN3. The predicted octanol–water partition coefficient (Wildman–Crippen LogP) is 4.11. The molecule has 1 aliphatic carbocycles. The van der Waals surface area contributed by atoms with Crippen LogP contribution in [-0.4, -0.2) is 27.5 Å². The van der Waals surface area contributed by atoms with Crippen molar-refractivity contribution >= 4 is 32.9 Å². The highest BCUT2D eigenvalue weighted by atomic mass is 79.9. The molecule has 1 aromatic heterocycles. The van der Waals surface area contributed by atoms with E-state index in [1.165, 1.54) is 37.6 Å². The average molecular weight is 336 g/mol. The number of halogens is 1. The zero-order chi connectivity index (χ0) is 13.9. The summed E-state index contributed by atoms with van der Waals surface area (Å²) in [6.45, 7) is 1.03. The first-order valence-corrected chi connectivity index (χ1v) is 8.67. The lowest BCUT2D eigenvalue weighted by molar-refractivity contribution is 0.413. The number of hydrogen-bond donors (Lipinski definition) is 0. The fraction of sp³-hybridized carbons (Fsp3) is 0.562. The molecule has 4 heteroatoms. The maximum atomic E-state index is 4.87. The first-order chi connectivity index (χ1) is 9.81. The van der Waals surface area contributed by atoms with Gasteiger partial charge in [-0.15, -0.1) is 0 Å². The van der Waals surface area contributed by atoms with E-state index >= 15 is 0 Å². The van der Waals surface area contributed by atoms with Crippen LogP contribution in [0.2, 0.25) is 0 Å². The summed E-state index contributed by atoms with van der Waals surface area (Å²) in [7, 11) is 2.13. The van der Waals surface area contributed by atoms with Crippen molar-refractivity contribution in [2.45, 2.75) is 38.1 Å². The summed E-state index contributed by atoms with van der Waals surface area (Å²) in [4.78, 5) is 7.38. The van der Waals surface area contributed by atoms with E-state index in [0.29, 0.717) is 6.04 Å². The quantitative estimate of drug-likeness (QED) is 0.784. The molecule has 0 radical (unpaired) electrons. The molecule has 1 fully saturated rings. The Morgan fingerprint density at radius 1 is 1.25 bits per heavy atom. The van der Waals surface area contributed by atoms with Gasteiger partial charge in [-0.25, -0.2) is 4.98 Å². The van der Waals surface area contributed by atoms with Gasteiger partial charge in [0.15, 0.2) is 0 Å². The van der Waals surface area contributed by atoms with Gasteiger partial charge in [-0.3, -0.25) is 0 Å². The minimum absolute atomic E-state index is 0.650. The van der Waals surface area contributed by atoms with Crippen LogP contribution in [0.1, 0.15) is 32.1 Å².